The first-order chi connectivity index (χ1) is 6.37. The Labute approximate surface area is 90.4 Å². The molecule has 0 bridgehead atoms. The molecule has 0 spiro atoms. The fraction of sp³-hybridized carbons (Fsp3) is 0.500. The van der Waals surface area contributed by atoms with Crippen molar-refractivity contribution in [2.24, 2.45) is 0 Å². The minimum Gasteiger partial charge on any atom is -0.444 e. The standard InChI is InChI=1S/C8H12BrN3O2/c1-8(2,3)14-7(13)12-6-10-4-5(9)11-6/h4H,1-3H3,(H2,10,11,12,13). The van der Waals surface area contributed by atoms with Crippen LogP contribution in [0.1, 0.15) is 20.8 Å². The maximum atomic E-state index is 11.2. The molecule has 0 fully saturated rings. The monoisotopic (exact) mass is 261 g/mol. The minimum atomic E-state index is -0.528. The minimum absolute atomic E-state index is 0.353. The van der Waals surface area contributed by atoms with Crippen molar-refractivity contribution < 1.29 is 9.53 Å². The van der Waals surface area contributed by atoms with Crippen LogP contribution < -0.4 is 5.32 Å². The number of anilines is 1. The van der Waals surface area contributed by atoms with Gasteiger partial charge in [-0.25, -0.2) is 9.78 Å². The van der Waals surface area contributed by atoms with Crippen molar-refractivity contribution in [3.8, 4) is 0 Å². The van der Waals surface area contributed by atoms with Crippen molar-refractivity contribution in [3.05, 3.63) is 10.8 Å². The van der Waals surface area contributed by atoms with Gasteiger partial charge in [0.05, 0.1) is 6.20 Å². The van der Waals surface area contributed by atoms with Gasteiger partial charge in [0.25, 0.3) is 0 Å². The molecule has 5 nitrogen and oxygen atoms in total. The van der Waals surface area contributed by atoms with Crippen LogP contribution in [0.15, 0.2) is 10.8 Å². The van der Waals surface area contributed by atoms with Gasteiger partial charge < -0.3 is 9.72 Å². The predicted molar refractivity (Wildman–Crippen MR) is 56.1 cm³/mol. The molecule has 1 amide bonds. The summed E-state index contributed by atoms with van der Waals surface area (Å²) < 4.78 is 5.72. The number of H-pyrrole nitrogens is 1. The average Bonchev–Trinajstić information content (AvgIpc) is 2.30. The largest absolute Gasteiger partial charge is 0.444 e. The molecule has 0 saturated heterocycles. The van der Waals surface area contributed by atoms with Gasteiger partial charge in [-0.15, -0.1) is 0 Å². The van der Waals surface area contributed by atoms with Crippen molar-refractivity contribution >= 4 is 28.0 Å². The fourth-order valence-electron chi connectivity index (χ4n) is 0.763. The molecule has 2 N–H and O–H groups in total. The summed E-state index contributed by atoms with van der Waals surface area (Å²) in [5, 5.41) is 2.46. The number of carbonyl (C=O) groups is 1. The molecule has 0 saturated carbocycles. The second-order valence-electron chi connectivity index (χ2n) is 3.71. The van der Waals surface area contributed by atoms with Gasteiger partial charge >= 0.3 is 6.09 Å². The number of hydrogen-bond acceptors (Lipinski definition) is 3. The summed E-state index contributed by atoms with van der Waals surface area (Å²) in [5.74, 6) is 0.353. The molecule has 0 atom stereocenters. The molecule has 0 aliphatic heterocycles. The zero-order valence-electron chi connectivity index (χ0n) is 8.22. The molecule has 6 heteroatoms. The Hall–Kier alpha value is -1.04. The van der Waals surface area contributed by atoms with Gasteiger partial charge in [0, 0.05) is 0 Å². The van der Waals surface area contributed by atoms with Crippen LogP contribution in [-0.4, -0.2) is 21.7 Å². The Morgan fingerprint density at radius 2 is 2.29 bits per heavy atom. The van der Waals surface area contributed by atoms with Crippen LogP contribution in [0.3, 0.4) is 0 Å². The second-order valence-corrected chi connectivity index (χ2v) is 4.56. The van der Waals surface area contributed by atoms with E-state index in [1.54, 1.807) is 27.0 Å². The molecule has 1 heterocycles. The first kappa shape index (κ1) is 11.0. The molecule has 1 aromatic rings. The molecule has 0 aliphatic rings. The summed E-state index contributed by atoms with van der Waals surface area (Å²) in [6.07, 6.45) is 1.02. The zero-order valence-corrected chi connectivity index (χ0v) is 9.81. The van der Waals surface area contributed by atoms with E-state index in [0.717, 1.165) is 0 Å². The number of rotatable bonds is 1. The van der Waals surface area contributed by atoms with Crippen LogP contribution in [0.25, 0.3) is 0 Å². The summed E-state index contributed by atoms with van der Waals surface area (Å²) in [6, 6.07) is 0. The fourth-order valence-corrected chi connectivity index (χ4v) is 1.05. The van der Waals surface area contributed by atoms with E-state index in [-0.39, 0.29) is 0 Å². The quantitative estimate of drug-likeness (QED) is 0.817. The molecule has 0 radical (unpaired) electrons. The third-order valence-corrected chi connectivity index (χ3v) is 1.57. The first-order valence-electron chi connectivity index (χ1n) is 4.07. The summed E-state index contributed by atoms with van der Waals surface area (Å²) in [7, 11) is 0. The summed E-state index contributed by atoms with van der Waals surface area (Å²) in [4.78, 5) is 17.9. The van der Waals surface area contributed by atoms with Crippen LogP contribution in [0, 0.1) is 0 Å². The zero-order chi connectivity index (χ0) is 10.8. The lowest BCUT2D eigenvalue weighted by Crippen LogP contribution is -2.27. The number of halogens is 1. The van der Waals surface area contributed by atoms with Crippen LogP contribution in [0.5, 0.6) is 0 Å². The Balaban J connectivity index is 2.50. The molecule has 14 heavy (non-hydrogen) atoms. The van der Waals surface area contributed by atoms with Gasteiger partial charge in [-0.2, -0.15) is 0 Å². The Morgan fingerprint density at radius 3 is 2.71 bits per heavy atom. The SMILES string of the molecule is CC(C)(C)OC(=O)Nc1ncc(Br)[nH]1. The molecule has 78 valence electrons. The number of aromatic amines is 1. The van der Waals surface area contributed by atoms with Gasteiger partial charge in [0.1, 0.15) is 10.2 Å². The molecule has 0 aromatic carbocycles. The summed E-state index contributed by atoms with van der Waals surface area (Å²) >= 11 is 3.17. The smallest absolute Gasteiger partial charge is 0.414 e. The van der Waals surface area contributed by atoms with E-state index in [0.29, 0.717) is 10.6 Å². The third kappa shape index (κ3) is 3.78. The van der Waals surface area contributed by atoms with E-state index >= 15 is 0 Å². The normalized spacial score (nSPS) is 11.1. The number of ether oxygens (including phenoxy) is 1. The van der Waals surface area contributed by atoms with E-state index in [4.69, 9.17) is 4.74 Å². The van der Waals surface area contributed by atoms with Gasteiger partial charge in [0.2, 0.25) is 5.95 Å². The van der Waals surface area contributed by atoms with E-state index in [2.05, 4.69) is 31.2 Å². The van der Waals surface area contributed by atoms with Gasteiger partial charge in [-0.1, -0.05) is 0 Å². The lowest BCUT2D eigenvalue weighted by atomic mass is 10.2. The predicted octanol–water partition coefficient (Wildman–Crippen LogP) is 2.52. The van der Waals surface area contributed by atoms with Crippen LogP contribution in [-0.2, 0) is 4.74 Å². The van der Waals surface area contributed by atoms with Crippen molar-refractivity contribution in [1.29, 1.82) is 0 Å². The van der Waals surface area contributed by atoms with Gasteiger partial charge in [0.15, 0.2) is 0 Å². The highest BCUT2D eigenvalue weighted by Crippen LogP contribution is 2.11. The topological polar surface area (TPSA) is 67.0 Å². The highest BCUT2D eigenvalue weighted by atomic mass is 79.9. The Morgan fingerprint density at radius 1 is 1.64 bits per heavy atom. The molecule has 1 aromatic heterocycles. The lowest BCUT2D eigenvalue weighted by Gasteiger charge is -2.18. The number of carbonyl (C=O) groups excluding carboxylic acids is 1. The number of amides is 1. The number of imidazole rings is 1. The Bertz CT molecular complexity index is 330. The highest BCUT2D eigenvalue weighted by Gasteiger charge is 2.16. The van der Waals surface area contributed by atoms with E-state index < -0.39 is 11.7 Å². The number of hydrogen-bond donors (Lipinski definition) is 2. The number of aromatic nitrogens is 2. The van der Waals surface area contributed by atoms with Crippen molar-refractivity contribution in [2.75, 3.05) is 5.32 Å². The third-order valence-electron chi connectivity index (χ3n) is 1.16. The van der Waals surface area contributed by atoms with E-state index in [1.165, 1.54) is 0 Å². The molecular formula is C8H12BrN3O2. The number of nitrogens with zero attached hydrogens (tertiary/aromatic N) is 1. The second kappa shape index (κ2) is 4.00. The van der Waals surface area contributed by atoms with Crippen LogP contribution in [0.2, 0.25) is 0 Å². The maximum absolute atomic E-state index is 11.2. The number of nitrogens with one attached hydrogen (secondary N) is 2. The summed E-state index contributed by atoms with van der Waals surface area (Å²) in [5.41, 5.74) is -0.506. The lowest BCUT2D eigenvalue weighted by molar-refractivity contribution is 0.0635. The van der Waals surface area contributed by atoms with E-state index in [1.807, 2.05) is 0 Å². The van der Waals surface area contributed by atoms with Crippen LogP contribution in [0.4, 0.5) is 10.7 Å². The van der Waals surface area contributed by atoms with Crippen molar-refractivity contribution in [2.45, 2.75) is 26.4 Å². The highest BCUT2D eigenvalue weighted by molar-refractivity contribution is 9.10. The summed E-state index contributed by atoms with van der Waals surface area (Å²) in [6.45, 7) is 5.39. The van der Waals surface area contributed by atoms with Crippen molar-refractivity contribution in [3.63, 3.8) is 0 Å². The van der Waals surface area contributed by atoms with Gasteiger partial charge in [-0.3, -0.25) is 5.32 Å². The van der Waals surface area contributed by atoms with Gasteiger partial charge in [-0.05, 0) is 36.7 Å². The molecule has 1 rings (SSSR count). The molecule has 0 aliphatic carbocycles. The first-order valence-corrected chi connectivity index (χ1v) is 4.86. The van der Waals surface area contributed by atoms with Crippen LogP contribution >= 0.6 is 15.9 Å². The molecule has 0 unspecified atom stereocenters. The maximum Gasteiger partial charge on any atom is 0.414 e. The van der Waals surface area contributed by atoms with E-state index in [9.17, 15) is 4.79 Å². The average molecular weight is 262 g/mol. The molecular weight excluding hydrogens is 250 g/mol. The van der Waals surface area contributed by atoms with Crippen molar-refractivity contribution in [1.82, 2.24) is 9.97 Å². The Kier molecular flexibility index (Phi) is 3.15.